The van der Waals surface area contributed by atoms with Crippen molar-refractivity contribution in [3.05, 3.63) is 41.1 Å². The standard InChI is InChI=1S/C23H39N7O2/c1-15(2)29-22(30-17(4)25)14-28-23-16(3)7-9-31-21-11-18(5-6-20(21)23)19(12-24)13-27-8-10-32-26/h5-6,11-13,15,17,22,28-30H,7-10,14,24-26H2,1-4H3. The number of allylic oxidation sites excluding steroid dienone is 1. The Morgan fingerprint density at radius 3 is 2.72 bits per heavy atom. The molecule has 0 saturated carbocycles. The summed E-state index contributed by atoms with van der Waals surface area (Å²) in [5, 5.41) is 10.5. The van der Waals surface area contributed by atoms with Crippen molar-refractivity contribution >= 4 is 17.5 Å². The summed E-state index contributed by atoms with van der Waals surface area (Å²) in [6.45, 7) is 10.4. The van der Waals surface area contributed by atoms with Crippen LogP contribution >= 0.6 is 0 Å². The van der Waals surface area contributed by atoms with E-state index in [1.807, 2.05) is 19.1 Å². The lowest BCUT2D eigenvalue weighted by Crippen LogP contribution is -2.55. The Morgan fingerprint density at radius 2 is 2.06 bits per heavy atom. The Kier molecular flexibility index (Phi) is 10.6. The largest absolute Gasteiger partial charge is 0.493 e. The van der Waals surface area contributed by atoms with E-state index < -0.39 is 0 Å². The van der Waals surface area contributed by atoms with Gasteiger partial charge >= 0.3 is 0 Å². The monoisotopic (exact) mass is 445 g/mol. The number of aliphatic imine (C=N–C) groups is 1. The molecular formula is C23H39N7O2. The van der Waals surface area contributed by atoms with Crippen LogP contribution in [0.15, 0.2) is 35.0 Å². The van der Waals surface area contributed by atoms with Gasteiger partial charge in [0, 0.05) is 48.3 Å². The molecule has 1 heterocycles. The van der Waals surface area contributed by atoms with Crippen LogP contribution < -0.4 is 38.1 Å². The SMILES string of the molecule is CC1=C(NCC(NC(C)C)NC(C)N)c2ccc(C(C=NCCON)=CN)cc2OCC1. The van der Waals surface area contributed by atoms with E-state index >= 15 is 0 Å². The van der Waals surface area contributed by atoms with Crippen molar-refractivity contribution in [1.29, 1.82) is 0 Å². The second kappa shape index (κ2) is 13.2. The molecule has 9 N–H and O–H groups in total. The Hall–Kier alpha value is -2.43. The molecule has 32 heavy (non-hydrogen) atoms. The first-order valence-corrected chi connectivity index (χ1v) is 11.1. The summed E-state index contributed by atoms with van der Waals surface area (Å²) in [6, 6.07) is 6.42. The van der Waals surface area contributed by atoms with Gasteiger partial charge in [-0.1, -0.05) is 6.07 Å². The minimum absolute atomic E-state index is 0.0303. The molecule has 2 rings (SSSR count). The van der Waals surface area contributed by atoms with Gasteiger partial charge in [0.2, 0.25) is 0 Å². The number of hydrogen-bond acceptors (Lipinski definition) is 9. The van der Waals surface area contributed by atoms with Gasteiger partial charge in [-0.3, -0.25) is 15.6 Å². The van der Waals surface area contributed by atoms with Crippen molar-refractivity contribution in [2.75, 3.05) is 26.3 Å². The summed E-state index contributed by atoms with van der Waals surface area (Å²) in [5.41, 5.74) is 16.9. The summed E-state index contributed by atoms with van der Waals surface area (Å²) >= 11 is 0. The summed E-state index contributed by atoms with van der Waals surface area (Å²) in [6.07, 6.45) is 4.01. The molecule has 178 valence electrons. The first kappa shape index (κ1) is 25.8. The molecule has 9 heteroatoms. The lowest BCUT2D eigenvalue weighted by atomic mass is 10.0. The molecule has 0 aromatic heterocycles. The number of hydrogen-bond donors (Lipinski definition) is 6. The average Bonchev–Trinajstić information content (AvgIpc) is 2.89. The maximum atomic E-state index is 6.08. The van der Waals surface area contributed by atoms with E-state index in [0.717, 1.165) is 34.6 Å². The number of ether oxygens (including phenoxy) is 1. The van der Waals surface area contributed by atoms with Crippen molar-refractivity contribution in [3.63, 3.8) is 0 Å². The lowest BCUT2D eigenvalue weighted by Gasteiger charge is -2.26. The molecule has 0 saturated heterocycles. The van der Waals surface area contributed by atoms with Crippen molar-refractivity contribution in [1.82, 2.24) is 16.0 Å². The molecular weight excluding hydrogens is 406 g/mol. The highest BCUT2D eigenvalue weighted by Crippen LogP contribution is 2.33. The zero-order valence-electron chi connectivity index (χ0n) is 19.7. The quantitative estimate of drug-likeness (QED) is 0.122. The fourth-order valence-corrected chi connectivity index (χ4v) is 3.51. The van der Waals surface area contributed by atoms with Gasteiger partial charge in [-0.05, 0) is 51.0 Å². The van der Waals surface area contributed by atoms with Crippen LogP contribution in [-0.2, 0) is 4.84 Å². The zero-order valence-corrected chi connectivity index (χ0v) is 19.7. The maximum Gasteiger partial charge on any atom is 0.129 e. The van der Waals surface area contributed by atoms with Crippen LogP contribution in [0.1, 0.15) is 45.2 Å². The van der Waals surface area contributed by atoms with Gasteiger partial charge in [-0.25, -0.2) is 5.90 Å². The zero-order chi connectivity index (χ0) is 23.5. The van der Waals surface area contributed by atoms with Crippen molar-refractivity contribution in [2.45, 2.75) is 52.5 Å². The number of benzene rings is 1. The third-order valence-electron chi connectivity index (χ3n) is 4.98. The summed E-state index contributed by atoms with van der Waals surface area (Å²) in [7, 11) is 0. The number of rotatable bonds is 12. The highest BCUT2D eigenvalue weighted by atomic mass is 16.6. The fraction of sp³-hybridized carbons (Fsp3) is 0.522. The number of nitrogens with zero attached hydrogens (tertiary/aromatic N) is 1. The van der Waals surface area contributed by atoms with Crippen LogP contribution in [0, 0.1) is 0 Å². The Bertz CT molecular complexity index is 809. The minimum atomic E-state index is -0.116. The van der Waals surface area contributed by atoms with Gasteiger partial charge < -0.3 is 26.4 Å². The molecule has 2 unspecified atom stereocenters. The van der Waals surface area contributed by atoms with E-state index in [1.54, 1.807) is 6.21 Å². The molecule has 9 nitrogen and oxygen atoms in total. The van der Waals surface area contributed by atoms with E-state index in [0.29, 0.717) is 32.3 Å². The van der Waals surface area contributed by atoms with Crippen LogP contribution in [0.5, 0.6) is 5.75 Å². The second-order valence-electron chi connectivity index (χ2n) is 8.20. The Balaban J connectivity index is 2.24. The number of nitrogens with two attached hydrogens (primary N) is 3. The third-order valence-corrected chi connectivity index (χ3v) is 4.98. The second-order valence-corrected chi connectivity index (χ2v) is 8.20. The molecule has 1 aliphatic rings. The molecule has 0 fully saturated rings. The van der Waals surface area contributed by atoms with Gasteiger partial charge in [0.25, 0.3) is 0 Å². The van der Waals surface area contributed by atoms with Gasteiger partial charge in [-0.2, -0.15) is 0 Å². The van der Waals surface area contributed by atoms with Crippen molar-refractivity contribution in [2.24, 2.45) is 22.4 Å². The molecule has 0 radical (unpaired) electrons. The Morgan fingerprint density at radius 1 is 1.28 bits per heavy atom. The molecule has 1 aliphatic heterocycles. The van der Waals surface area contributed by atoms with Crippen LogP contribution in [-0.4, -0.2) is 50.9 Å². The molecule has 0 amide bonds. The minimum Gasteiger partial charge on any atom is -0.493 e. The van der Waals surface area contributed by atoms with E-state index in [2.05, 4.69) is 52.6 Å². The molecule has 0 spiro atoms. The average molecular weight is 446 g/mol. The topological polar surface area (TPSA) is 145 Å². The van der Waals surface area contributed by atoms with E-state index in [-0.39, 0.29) is 12.3 Å². The van der Waals surface area contributed by atoms with Gasteiger partial charge in [0.1, 0.15) is 5.75 Å². The summed E-state index contributed by atoms with van der Waals surface area (Å²) in [5.74, 6) is 5.85. The van der Waals surface area contributed by atoms with Gasteiger partial charge in [-0.15, -0.1) is 0 Å². The number of nitrogens with one attached hydrogen (secondary N) is 3. The van der Waals surface area contributed by atoms with E-state index in [9.17, 15) is 0 Å². The number of fused-ring (bicyclic) bond motifs is 1. The van der Waals surface area contributed by atoms with Crippen LogP contribution in [0.2, 0.25) is 0 Å². The molecule has 2 atom stereocenters. The van der Waals surface area contributed by atoms with Gasteiger partial charge in [0.05, 0.1) is 32.1 Å². The molecule has 0 aliphatic carbocycles. The van der Waals surface area contributed by atoms with E-state index in [4.69, 9.17) is 22.1 Å². The lowest BCUT2D eigenvalue weighted by molar-refractivity contribution is 0.146. The highest BCUT2D eigenvalue weighted by Gasteiger charge is 2.19. The smallest absolute Gasteiger partial charge is 0.129 e. The predicted octanol–water partition coefficient (Wildman–Crippen LogP) is 1.27. The highest BCUT2D eigenvalue weighted by molar-refractivity contribution is 6.09. The first-order chi connectivity index (χ1) is 15.3. The fourth-order valence-electron chi connectivity index (χ4n) is 3.51. The third kappa shape index (κ3) is 7.92. The summed E-state index contributed by atoms with van der Waals surface area (Å²) in [4.78, 5) is 8.84. The van der Waals surface area contributed by atoms with E-state index in [1.165, 1.54) is 11.8 Å². The molecule has 1 aromatic rings. The van der Waals surface area contributed by atoms with Crippen LogP contribution in [0.4, 0.5) is 0 Å². The molecule has 0 bridgehead atoms. The van der Waals surface area contributed by atoms with Crippen molar-refractivity contribution in [3.8, 4) is 5.75 Å². The predicted molar refractivity (Wildman–Crippen MR) is 132 cm³/mol. The Labute approximate surface area is 191 Å². The molecule has 1 aromatic carbocycles. The van der Waals surface area contributed by atoms with Crippen LogP contribution in [0.25, 0.3) is 11.3 Å². The summed E-state index contributed by atoms with van der Waals surface area (Å²) < 4.78 is 6.08. The van der Waals surface area contributed by atoms with Crippen molar-refractivity contribution < 1.29 is 9.57 Å². The normalized spacial score (nSPS) is 16.7. The first-order valence-electron chi connectivity index (χ1n) is 11.1. The maximum absolute atomic E-state index is 6.08. The van der Waals surface area contributed by atoms with Crippen LogP contribution in [0.3, 0.4) is 0 Å². The van der Waals surface area contributed by atoms with Gasteiger partial charge in [0.15, 0.2) is 0 Å².